The van der Waals surface area contributed by atoms with Crippen molar-refractivity contribution in [1.82, 2.24) is 10.9 Å². The zero-order chi connectivity index (χ0) is 7.98. The van der Waals surface area contributed by atoms with Gasteiger partial charge in [-0.3, -0.25) is 20.4 Å². The maximum atomic E-state index is 10.3. The molecule has 0 bridgehead atoms. The SMILES string of the molecule is NNC(=O)/C=C\C(=O)NN.[KH]. The number of carbonyl (C=O) groups is 2. The van der Waals surface area contributed by atoms with Gasteiger partial charge in [-0.2, -0.15) is 0 Å². The standard InChI is InChI=1S/C4H8N4O2.K.H/c5-7-3(9)1-2-4(10)8-6;;/h1-2H,5-6H2,(H,7,9)(H,8,10);;/b2-1-;;. The van der Waals surface area contributed by atoms with Crippen molar-refractivity contribution in [1.29, 1.82) is 0 Å². The molecule has 0 heterocycles. The molecule has 0 atom stereocenters. The summed E-state index contributed by atoms with van der Waals surface area (Å²) in [6.45, 7) is 0. The number of rotatable bonds is 2. The first kappa shape index (κ1) is 13.8. The first-order valence-electron chi connectivity index (χ1n) is 2.40. The van der Waals surface area contributed by atoms with Gasteiger partial charge >= 0.3 is 51.4 Å². The fourth-order valence-electron chi connectivity index (χ4n) is 0.248. The summed E-state index contributed by atoms with van der Waals surface area (Å²) in [5.74, 6) is 8.24. The first-order chi connectivity index (χ1) is 4.70. The Morgan fingerprint density at radius 3 is 1.45 bits per heavy atom. The Morgan fingerprint density at radius 2 is 1.27 bits per heavy atom. The molecule has 6 nitrogen and oxygen atoms in total. The van der Waals surface area contributed by atoms with E-state index in [1.165, 1.54) is 0 Å². The average molecular weight is 184 g/mol. The molecule has 0 aromatic carbocycles. The molecule has 58 valence electrons. The van der Waals surface area contributed by atoms with Gasteiger partial charge in [-0.25, -0.2) is 11.7 Å². The summed E-state index contributed by atoms with van der Waals surface area (Å²) < 4.78 is 0. The predicted octanol–water partition coefficient (Wildman–Crippen LogP) is -3.13. The minimum atomic E-state index is -0.566. The van der Waals surface area contributed by atoms with Crippen LogP contribution in [0.4, 0.5) is 0 Å². The van der Waals surface area contributed by atoms with Crippen LogP contribution >= 0.6 is 0 Å². The van der Waals surface area contributed by atoms with Crippen LogP contribution in [0.25, 0.3) is 0 Å². The topological polar surface area (TPSA) is 110 Å². The van der Waals surface area contributed by atoms with Crippen molar-refractivity contribution < 1.29 is 9.59 Å². The van der Waals surface area contributed by atoms with Crippen LogP contribution in [0.2, 0.25) is 0 Å². The summed E-state index contributed by atoms with van der Waals surface area (Å²) in [7, 11) is 0. The number of hydrogen-bond acceptors (Lipinski definition) is 4. The van der Waals surface area contributed by atoms with Crippen LogP contribution in [0.5, 0.6) is 0 Å². The maximum absolute atomic E-state index is 10.3. The van der Waals surface area contributed by atoms with E-state index < -0.39 is 11.8 Å². The normalized spacial score (nSPS) is 8.55. The van der Waals surface area contributed by atoms with Gasteiger partial charge < -0.3 is 0 Å². The van der Waals surface area contributed by atoms with Crippen molar-refractivity contribution in [2.45, 2.75) is 0 Å². The van der Waals surface area contributed by atoms with Crippen LogP contribution < -0.4 is 22.5 Å². The molecule has 0 rings (SSSR count). The van der Waals surface area contributed by atoms with Gasteiger partial charge in [-0.1, -0.05) is 0 Å². The van der Waals surface area contributed by atoms with Gasteiger partial charge in [0.15, 0.2) is 0 Å². The van der Waals surface area contributed by atoms with E-state index in [1.807, 2.05) is 0 Å². The minimum absolute atomic E-state index is 0. The van der Waals surface area contributed by atoms with E-state index in [4.69, 9.17) is 0 Å². The molecule has 0 aromatic rings. The average Bonchev–Trinajstić information content (AvgIpc) is 1.99. The Balaban J connectivity index is 0. The van der Waals surface area contributed by atoms with E-state index >= 15 is 0 Å². The van der Waals surface area contributed by atoms with Gasteiger partial charge in [0, 0.05) is 12.2 Å². The molecule has 0 unspecified atom stereocenters. The molecule has 2 amide bonds. The number of nitrogens with two attached hydrogens (primary N) is 2. The number of hydrogen-bond donors (Lipinski definition) is 4. The Hall–Kier alpha value is 0.236. The van der Waals surface area contributed by atoms with Gasteiger partial charge in [0.05, 0.1) is 0 Å². The number of hydrazine groups is 2. The molecule has 0 saturated carbocycles. The summed E-state index contributed by atoms with van der Waals surface area (Å²) in [5.41, 5.74) is 3.60. The van der Waals surface area contributed by atoms with Crippen LogP contribution in [0, 0.1) is 0 Å². The van der Waals surface area contributed by atoms with Gasteiger partial charge in [-0.15, -0.1) is 0 Å². The molecular formula is C4H9KN4O2. The van der Waals surface area contributed by atoms with E-state index in [2.05, 4.69) is 11.7 Å². The molecular weight excluding hydrogens is 175 g/mol. The van der Waals surface area contributed by atoms with E-state index in [9.17, 15) is 9.59 Å². The molecule has 7 heteroatoms. The van der Waals surface area contributed by atoms with Crippen molar-refractivity contribution in [2.24, 2.45) is 11.7 Å². The third-order valence-electron chi connectivity index (χ3n) is 0.671. The zero-order valence-electron chi connectivity index (χ0n) is 5.13. The van der Waals surface area contributed by atoms with Crippen molar-refractivity contribution in [3.05, 3.63) is 12.2 Å². The van der Waals surface area contributed by atoms with E-state index in [1.54, 1.807) is 10.9 Å². The molecule has 0 aliphatic carbocycles. The second-order valence-electron chi connectivity index (χ2n) is 1.35. The van der Waals surface area contributed by atoms with Crippen molar-refractivity contribution in [3.63, 3.8) is 0 Å². The fraction of sp³-hybridized carbons (Fsp3) is 0. The molecule has 0 aliphatic rings. The van der Waals surface area contributed by atoms with E-state index in [-0.39, 0.29) is 51.4 Å². The van der Waals surface area contributed by atoms with Crippen LogP contribution in [-0.2, 0) is 9.59 Å². The van der Waals surface area contributed by atoms with Crippen LogP contribution in [0.15, 0.2) is 12.2 Å². The fourth-order valence-corrected chi connectivity index (χ4v) is 0.248. The van der Waals surface area contributed by atoms with Crippen molar-refractivity contribution >= 4 is 63.2 Å². The monoisotopic (exact) mass is 184 g/mol. The molecule has 0 aliphatic heterocycles. The molecule has 0 aromatic heterocycles. The zero-order valence-corrected chi connectivity index (χ0v) is 5.13. The summed E-state index contributed by atoms with van der Waals surface area (Å²) in [6.07, 6.45) is 1.92. The Morgan fingerprint density at radius 1 is 1.00 bits per heavy atom. The molecule has 6 N–H and O–H groups in total. The Labute approximate surface area is 106 Å². The van der Waals surface area contributed by atoms with Crippen molar-refractivity contribution in [3.8, 4) is 0 Å². The van der Waals surface area contributed by atoms with Gasteiger partial charge in [0.1, 0.15) is 0 Å². The van der Waals surface area contributed by atoms with Crippen LogP contribution in [0.3, 0.4) is 0 Å². The van der Waals surface area contributed by atoms with Crippen molar-refractivity contribution in [2.75, 3.05) is 0 Å². The second-order valence-corrected chi connectivity index (χ2v) is 1.35. The number of carbonyl (C=O) groups excluding carboxylic acids is 2. The molecule has 0 saturated heterocycles. The molecule has 0 radical (unpaired) electrons. The first-order valence-corrected chi connectivity index (χ1v) is 2.40. The van der Waals surface area contributed by atoms with Gasteiger partial charge in [0.25, 0.3) is 11.8 Å². The molecule has 11 heavy (non-hydrogen) atoms. The van der Waals surface area contributed by atoms with Crippen LogP contribution in [0.1, 0.15) is 0 Å². The number of nitrogens with one attached hydrogen (secondary N) is 2. The quantitative estimate of drug-likeness (QED) is 0.120. The van der Waals surface area contributed by atoms with Gasteiger partial charge in [-0.05, 0) is 0 Å². The summed E-state index contributed by atoms with van der Waals surface area (Å²) in [4.78, 5) is 20.6. The van der Waals surface area contributed by atoms with E-state index in [0.29, 0.717) is 0 Å². The summed E-state index contributed by atoms with van der Waals surface area (Å²) >= 11 is 0. The third-order valence-corrected chi connectivity index (χ3v) is 0.671. The summed E-state index contributed by atoms with van der Waals surface area (Å²) in [6, 6.07) is 0. The predicted molar refractivity (Wildman–Crippen MR) is 40.9 cm³/mol. The Kier molecular flexibility index (Phi) is 10.5. The second kappa shape index (κ2) is 8.33. The van der Waals surface area contributed by atoms with E-state index in [0.717, 1.165) is 12.2 Å². The molecule has 0 spiro atoms. The molecule has 0 fully saturated rings. The number of amides is 2. The van der Waals surface area contributed by atoms with Gasteiger partial charge in [0.2, 0.25) is 0 Å². The van der Waals surface area contributed by atoms with Crippen LogP contribution in [-0.4, -0.2) is 63.2 Å². The third kappa shape index (κ3) is 8.14. The Bertz CT molecular complexity index is 151. The summed E-state index contributed by atoms with van der Waals surface area (Å²) in [5, 5.41) is 0.